The summed E-state index contributed by atoms with van der Waals surface area (Å²) < 4.78 is 0. The van der Waals surface area contributed by atoms with Crippen molar-refractivity contribution in [3.63, 3.8) is 0 Å². The van der Waals surface area contributed by atoms with E-state index >= 15 is 0 Å². The van der Waals surface area contributed by atoms with E-state index in [-0.39, 0.29) is 0 Å². The zero-order valence-electron chi connectivity index (χ0n) is 10.4. The molecule has 0 aromatic carbocycles. The molecule has 5 heteroatoms. The topological polar surface area (TPSA) is 37.8 Å². The van der Waals surface area contributed by atoms with Crippen LogP contribution in [0, 0.1) is 0 Å². The smallest absolute Gasteiger partial charge is 0.138 e. The van der Waals surface area contributed by atoms with Gasteiger partial charge in [0.1, 0.15) is 16.5 Å². The molecule has 2 heterocycles. The summed E-state index contributed by atoms with van der Waals surface area (Å²) in [5.41, 5.74) is 0. The van der Waals surface area contributed by atoms with Crippen molar-refractivity contribution in [1.29, 1.82) is 0 Å². The second-order valence-corrected chi connectivity index (χ2v) is 6.08. The molecule has 0 spiro atoms. The maximum Gasteiger partial charge on any atom is 0.138 e. The minimum atomic E-state index is 0.587. The summed E-state index contributed by atoms with van der Waals surface area (Å²) in [6.45, 7) is 5.24. The van der Waals surface area contributed by atoms with Gasteiger partial charge in [0.25, 0.3) is 0 Å². The van der Waals surface area contributed by atoms with Gasteiger partial charge in [-0.1, -0.05) is 13.8 Å². The molecule has 0 aliphatic rings. The highest BCUT2D eigenvalue weighted by atomic mass is 32.2. The van der Waals surface area contributed by atoms with E-state index in [0.29, 0.717) is 5.25 Å². The predicted molar refractivity (Wildman–Crippen MR) is 78.3 cm³/mol. The van der Waals surface area contributed by atoms with Gasteiger partial charge in [0.15, 0.2) is 0 Å². The van der Waals surface area contributed by atoms with E-state index in [1.165, 1.54) is 0 Å². The number of hydrogen-bond acceptors (Lipinski definition) is 5. The van der Waals surface area contributed by atoms with Gasteiger partial charge >= 0.3 is 0 Å². The van der Waals surface area contributed by atoms with E-state index < -0.39 is 0 Å². The van der Waals surface area contributed by atoms with Gasteiger partial charge in [0.05, 0.1) is 5.39 Å². The molecule has 17 heavy (non-hydrogen) atoms. The molecule has 0 aliphatic carbocycles. The first-order valence-electron chi connectivity index (χ1n) is 5.75. The molecule has 0 amide bonds. The molecule has 0 bridgehead atoms. The fraction of sp³-hybridized carbons (Fsp3) is 0.500. The van der Waals surface area contributed by atoms with Crippen LogP contribution in [0.4, 0.5) is 5.82 Å². The lowest BCUT2D eigenvalue weighted by molar-refractivity contribution is 0.943. The van der Waals surface area contributed by atoms with Crippen LogP contribution in [0.15, 0.2) is 11.4 Å². The fourth-order valence-corrected chi connectivity index (χ4v) is 2.55. The van der Waals surface area contributed by atoms with Gasteiger partial charge < -0.3 is 5.32 Å². The molecule has 92 valence electrons. The van der Waals surface area contributed by atoms with Crippen LogP contribution in [0.3, 0.4) is 0 Å². The third-order valence-electron chi connectivity index (χ3n) is 2.65. The molecule has 2 aromatic rings. The van der Waals surface area contributed by atoms with E-state index in [4.69, 9.17) is 0 Å². The van der Waals surface area contributed by atoms with Gasteiger partial charge in [-0.05, 0) is 17.7 Å². The summed E-state index contributed by atoms with van der Waals surface area (Å²) >= 11 is 3.53. The third kappa shape index (κ3) is 2.90. The van der Waals surface area contributed by atoms with E-state index in [2.05, 4.69) is 46.8 Å². The van der Waals surface area contributed by atoms with Gasteiger partial charge in [-0.3, -0.25) is 0 Å². The first-order chi connectivity index (χ1) is 8.24. The highest BCUT2D eigenvalue weighted by molar-refractivity contribution is 7.99. The second-order valence-electron chi connectivity index (χ2n) is 3.91. The number of fused-ring (bicyclic) bond motifs is 1. The summed E-state index contributed by atoms with van der Waals surface area (Å²) in [5.74, 6) is 1.90. The number of thiophene rings is 1. The first-order valence-corrected chi connectivity index (χ1v) is 7.92. The largest absolute Gasteiger partial charge is 0.368 e. The fourth-order valence-electron chi connectivity index (χ4n) is 1.52. The molecule has 2 rings (SSSR count). The summed E-state index contributed by atoms with van der Waals surface area (Å²) in [6, 6.07) is 2.09. The van der Waals surface area contributed by atoms with Crippen molar-refractivity contribution in [2.24, 2.45) is 0 Å². The average Bonchev–Trinajstić information content (AvgIpc) is 2.83. The Morgan fingerprint density at radius 2 is 2.29 bits per heavy atom. The van der Waals surface area contributed by atoms with Crippen LogP contribution in [-0.4, -0.2) is 28.0 Å². The molecule has 1 unspecified atom stereocenters. The maximum atomic E-state index is 4.57. The SMILES string of the molecule is CCc1nc(NCC(C)SC)c2ccsc2n1. The van der Waals surface area contributed by atoms with Crippen molar-refractivity contribution in [3.8, 4) is 0 Å². The number of hydrogen-bond donors (Lipinski definition) is 1. The van der Waals surface area contributed by atoms with Crippen molar-refractivity contribution in [2.75, 3.05) is 18.1 Å². The van der Waals surface area contributed by atoms with Crippen LogP contribution >= 0.6 is 23.1 Å². The van der Waals surface area contributed by atoms with Crippen LogP contribution in [-0.2, 0) is 6.42 Å². The molecule has 0 saturated heterocycles. The summed E-state index contributed by atoms with van der Waals surface area (Å²) in [4.78, 5) is 10.2. The third-order valence-corrected chi connectivity index (χ3v) is 4.42. The van der Waals surface area contributed by atoms with Crippen LogP contribution < -0.4 is 5.32 Å². The number of thioether (sulfide) groups is 1. The Morgan fingerprint density at radius 3 is 3.00 bits per heavy atom. The summed E-state index contributed by atoms with van der Waals surface area (Å²) in [5, 5.41) is 7.23. The monoisotopic (exact) mass is 267 g/mol. The molecule has 0 fully saturated rings. The standard InChI is InChI=1S/C12H17N3S2/c1-4-10-14-11(13-7-8(2)16-3)9-5-6-17-12(9)15-10/h5-6,8H,4,7H2,1-3H3,(H,13,14,15). The Bertz CT molecular complexity index is 495. The predicted octanol–water partition coefficient (Wildman–Crippen LogP) is 3.42. The van der Waals surface area contributed by atoms with E-state index in [1.54, 1.807) is 11.3 Å². The molecule has 0 radical (unpaired) electrons. The molecule has 1 N–H and O–H groups in total. The van der Waals surface area contributed by atoms with Crippen LogP contribution in [0.25, 0.3) is 10.2 Å². The highest BCUT2D eigenvalue weighted by Crippen LogP contribution is 2.25. The lowest BCUT2D eigenvalue weighted by atomic mass is 10.3. The lowest BCUT2D eigenvalue weighted by Crippen LogP contribution is -2.14. The Kier molecular flexibility index (Phi) is 4.23. The lowest BCUT2D eigenvalue weighted by Gasteiger charge is -2.11. The van der Waals surface area contributed by atoms with Gasteiger partial charge in [0.2, 0.25) is 0 Å². The van der Waals surface area contributed by atoms with Crippen LogP contribution in [0.1, 0.15) is 19.7 Å². The molecule has 0 aliphatic heterocycles. The van der Waals surface area contributed by atoms with Gasteiger partial charge in [0, 0.05) is 18.2 Å². The number of aromatic nitrogens is 2. The second kappa shape index (κ2) is 5.69. The van der Waals surface area contributed by atoms with Gasteiger partial charge in [-0.25, -0.2) is 9.97 Å². The molecular formula is C12H17N3S2. The Labute approximate surface area is 110 Å². The quantitative estimate of drug-likeness (QED) is 0.901. The van der Waals surface area contributed by atoms with E-state index in [0.717, 1.165) is 34.8 Å². The zero-order valence-corrected chi connectivity index (χ0v) is 12.0. The zero-order chi connectivity index (χ0) is 12.3. The Balaban J connectivity index is 2.27. The minimum Gasteiger partial charge on any atom is -0.368 e. The maximum absolute atomic E-state index is 4.57. The van der Waals surface area contributed by atoms with Crippen molar-refractivity contribution < 1.29 is 0 Å². The Morgan fingerprint density at radius 1 is 1.47 bits per heavy atom. The number of nitrogens with one attached hydrogen (secondary N) is 1. The van der Waals surface area contributed by atoms with Gasteiger partial charge in [-0.15, -0.1) is 11.3 Å². The molecule has 2 aromatic heterocycles. The summed E-state index contributed by atoms with van der Waals surface area (Å²) in [7, 11) is 0. The van der Waals surface area contributed by atoms with Crippen molar-refractivity contribution in [1.82, 2.24) is 9.97 Å². The Hall–Kier alpha value is -0.810. The molecule has 3 nitrogen and oxygen atoms in total. The molecular weight excluding hydrogens is 250 g/mol. The highest BCUT2D eigenvalue weighted by Gasteiger charge is 2.08. The van der Waals surface area contributed by atoms with Gasteiger partial charge in [-0.2, -0.15) is 11.8 Å². The van der Waals surface area contributed by atoms with Crippen LogP contribution in [0.5, 0.6) is 0 Å². The van der Waals surface area contributed by atoms with E-state index in [1.807, 2.05) is 11.8 Å². The van der Waals surface area contributed by atoms with Crippen molar-refractivity contribution in [3.05, 3.63) is 17.3 Å². The number of aryl methyl sites for hydroxylation is 1. The summed E-state index contributed by atoms with van der Waals surface area (Å²) in [6.07, 6.45) is 3.00. The van der Waals surface area contributed by atoms with Crippen molar-refractivity contribution >= 4 is 39.1 Å². The first kappa shape index (κ1) is 12.6. The van der Waals surface area contributed by atoms with Crippen LogP contribution in [0.2, 0.25) is 0 Å². The number of rotatable bonds is 5. The van der Waals surface area contributed by atoms with Crippen molar-refractivity contribution in [2.45, 2.75) is 25.5 Å². The number of nitrogens with zero attached hydrogens (tertiary/aromatic N) is 2. The van der Waals surface area contributed by atoms with E-state index in [9.17, 15) is 0 Å². The molecule has 1 atom stereocenters. The average molecular weight is 267 g/mol. The number of anilines is 1. The minimum absolute atomic E-state index is 0.587. The normalized spacial score (nSPS) is 12.9. The molecule has 0 saturated carbocycles.